The monoisotopic (exact) mass is 261 g/mol. The fraction of sp³-hybridized carbons (Fsp3) is 0.333. The number of H-pyrrole nitrogens is 2. The number of hydrogen-bond acceptors (Lipinski definition) is 4. The lowest BCUT2D eigenvalue weighted by molar-refractivity contribution is -0.120. The van der Waals surface area contributed by atoms with Gasteiger partial charge in [0, 0.05) is 23.1 Å². The van der Waals surface area contributed by atoms with E-state index in [4.69, 9.17) is 0 Å². The molecule has 7 nitrogen and oxygen atoms in total. The molecule has 19 heavy (non-hydrogen) atoms. The quantitative estimate of drug-likeness (QED) is 0.718. The second-order valence-corrected chi connectivity index (χ2v) is 4.26. The number of carbonyl (C=O) groups is 1. The molecule has 2 rings (SSSR count). The summed E-state index contributed by atoms with van der Waals surface area (Å²) in [6.45, 7) is 3.88. The minimum absolute atomic E-state index is 0.130. The minimum atomic E-state index is -0.392. The van der Waals surface area contributed by atoms with Crippen molar-refractivity contribution >= 4 is 5.91 Å². The van der Waals surface area contributed by atoms with Gasteiger partial charge in [-0.15, -0.1) is 0 Å². The van der Waals surface area contributed by atoms with E-state index in [1.54, 1.807) is 26.4 Å². The molecule has 0 aromatic carbocycles. The number of amides is 1. The van der Waals surface area contributed by atoms with Crippen LogP contribution in [0, 0.1) is 13.8 Å². The van der Waals surface area contributed by atoms with Gasteiger partial charge in [-0.3, -0.25) is 4.79 Å². The molecule has 0 atom stereocenters. The molecular weight excluding hydrogens is 246 g/mol. The van der Waals surface area contributed by atoms with Crippen molar-refractivity contribution in [3.8, 4) is 0 Å². The molecule has 2 heterocycles. The highest BCUT2D eigenvalue weighted by molar-refractivity contribution is 5.78. The zero-order valence-electron chi connectivity index (χ0n) is 10.8. The summed E-state index contributed by atoms with van der Waals surface area (Å²) >= 11 is 0. The number of hydrogen-bond donors (Lipinski definition) is 3. The lowest BCUT2D eigenvalue weighted by Gasteiger charge is -2.08. The first-order chi connectivity index (χ1) is 9.06. The number of aromatic nitrogens is 4. The fourth-order valence-electron chi connectivity index (χ4n) is 1.81. The molecular formula is C12H15N5O2. The van der Waals surface area contributed by atoms with Crippen molar-refractivity contribution in [3.05, 3.63) is 45.7 Å². The van der Waals surface area contributed by atoms with Gasteiger partial charge in [0.15, 0.2) is 0 Å². The summed E-state index contributed by atoms with van der Waals surface area (Å²) in [5.41, 5.74) is 2.45. The maximum absolute atomic E-state index is 11.8. The van der Waals surface area contributed by atoms with Crippen LogP contribution in [0.2, 0.25) is 0 Å². The molecule has 0 radical (unpaired) electrons. The van der Waals surface area contributed by atoms with Crippen LogP contribution in [-0.4, -0.2) is 25.8 Å². The summed E-state index contributed by atoms with van der Waals surface area (Å²) in [6.07, 6.45) is 3.40. The van der Waals surface area contributed by atoms with Crippen LogP contribution in [0.5, 0.6) is 0 Å². The van der Waals surface area contributed by atoms with E-state index in [0.29, 0.717) is 17.9 Å². The second kappa shape index (κ2) is 5.47. The molecule has 2 aromatic heterocycles. The fourth-order valence-corrected chi connectivity index (χ4v) is 1.81. The molecule has 0 fully saturated rings. The number of aryl methyl sites for hydroxylation is 2. The van der Waals surface area contributed by atoms with Gasteiger partial charge in [0.05, 0.1) is 25.0 Å². The number of rotatable bonds is 4. The lowest BCUT2D eigenvalue weighted by atomic mass is 10.1. The zero-order chi connectivity index (χ0) is 13.8. The average molecular weight is 261 g/mol. The number of imidazole rings is 1. The highest BCUT2D eigenvalue weighted by Crippen LogP contribution is 2.07. The molecule has 0 saturated carbocycles. The standard InChI is InChI=1S/C12H15N5O2/c1-7-10(8(2)17-12(19)16-7)3-11(18)14-5-9-4-13-6-15-9/h4,6H,3,5H2,1-2H3,(H,13,15)(H,14,18)(H,16,17,19). The van der Waals surface area contributed by atoms with Gasteiger partial charge < -0.3 is 15.3 Å². The molecule has 0 aliphatic rings. The molecule has 2 aromatic rings. The maximum Gasteiger partial charge on any atom is 0.345 e. The number of nitrogens with one attached hydrogen (secondary N) is 3. The maximum atomic E-state index is 11.8. The second-order valence-electron chi connectivity index (χ2n) is 4.26. The molecule has 0 unspecified atom stereocenters. The van der Waals surface area contributed by atoms with E-state index in [1.807, 2.05) is 0 Å². The van der Waals surface area contributed by atoms with Crippen LogP contribution in [0.3, 0.4) is 0 Å². The van der Waals surface area contributed by atoms with Crippen molar-refractivity contribution in [2.45, 2.75) is 26.8 Å². The summed E-state index contributed by atoms with van der Waals surface area (Å²) in [4.78, 5) is 36.1. The van der Waals surface area contributed by atoms with E-state index in [2.05, 4.69) is 25.3 Å². The van der Waals surface area contributed by atoms with E-state index < -0.39 is 5.69 Å². The topological polar surface area (TPSA) is 104 Å². The molecule has 0 aliphatic carbocycles. The Kier molecular flexibility index (Phi) is 3.74. The summed E-state index contributed by atoms with van der Waals surface area (Å²) < 4.78 is 0. The number of nitrogens with zero attached hydrogens (tertiary/aromatic N) is 2. The largest absolute Gasteiger partial charge is 0.350 e. The first-order valence-corrected chi connectivity index (χ1v) is 5.86. The van der Waals surface area contributed by atoms with Crippen molar-refractivity contribution in [2.75, 3.05) is 0 Å². The summed E-state index contributed by atoms with van der Waals surface area (Å²) in [5, 5.41) is 2.77. The van der Waals surface area contributed by atoms with Gasteiger partial charge in [-0.25, -0.2) is 9.78 Å². The van der Waals surface area contributed by atoms with Crippen molar-refractivity contribution in [3.63, 3.8) is 0 Å². The van der Waals surface area contributed by atoms with Crippen LogP contribution < -0.4 is 11.0 Å². The molecule has 1 amide bonds. The predicted octanol–water partition coefficient (Wildman–Crippen LogP) is -0.0313. The van der Waals surface area contributed by atoms with Crippen LogP contribution in [0.25, 0.3) is 0 Å². The molecule has 3 N–H and O–H groups in total. The smallest absolute Gasteiger partial charge is 0.345 e. The Morgan fingerprint density at radius 2 is 2.21 bits per heavy atom. The Morgan fingerprint density at radius 3 is 2.84 bits per heavy atom. The van der Waals surface area contributed by atoms with E-state index in [9.17, 15) is 9.59 Å². The van der Waals surface area contributed by atoms with Crippen molar-refractivity contribution in [1.29, 1.82) is 0 Å². The Morgan fingerprint density at radius 1 is 1.42 bits per heavy atom. The van der Waals surface area contributed by atoms with Gasteiger partial charge in [-0.2, -0.15) is 4.98 Å². The van der Waals surface area contributed by atoms with E-state index in [0.717, 1.165) is 11.3 Å². The summed E-state index contributed by atoms with van der Waals surface area (Å²) in [6, 6.07) is 0. The van der Waals surface area contributed by atoms with Gasteiger partial charge in [0.2, 0.25) is 5.91 Å². The Bertz CT molecular complexity index is 604. The van der Waals surface area contributed by atoms with Crippen molar-refractivity contribution in [1.82, 2.24) is 25.3 Å². The lowest BCUT2D eigenvalue weighted by Crippen LogP contribution is -2.27. The van der Waals surface area contributed by atoms with Crippen LogP contribution in [-0.2, 0) is 17.8 Å². The van der Waals surface area contributed by atoms with Gasteiger partial charge >= 0.3 is 5.69 Å². The van der Waals surface area contributed by atoms with E-state index >= 15 is 0 Å². The molecule has 0 bridgehead atoms. The zero-order valence-corrected chi connectivity index (χ0v) is 10.8. The van der Waals surface area contributed by atoms with Crippen molar-refractivity contribution in [2.24, 2.45) is 0 Å². The molecule has 0 aliphatic heterocycles. The Balaban J connectivity index is 2.01. The Labute approximate surface area is 109 Å². The minimum Gasteiger partial charge on any atom is -0.350 e. The van der Waals surface area contributed by atoms with Crippen LogP contribution in [0.15, 0.2) is 17.3 Å². The van der Waals surface area contributed by atoms with Gasteiger partial charge in [-0.05, 0) is 13.8 Å². The Hall–Kier alpha value is -2.44. The summed E-state index contributed by atoms with van der Waals surface area (Å²) in [7, 11) is 0. The van der Waals surface area contributed by atoms with Gasteiger partial charge in [0.1, 0.15) is 0 Å². The van der Waals surface area contributed by atoms with Crippen LogP contribution >= 0.6 is 0 Å². The van der Waals surface area contributed by atoms with E-state index in [1.165, 1.54) is 0 Å². The van der Waals surface area contributed by atoms with Crippen LogP contribution in [0.4, 0.5) is 0 Å². The normalized spacial score (nSPS) is 10.4. The predicted molar refractivity (Wildman–Crippen MR) is 68.5 cm³/mol. The molecule has 0 saturated heterocycles. The highest BCUT2D eigenvalue weighted by Gasteiger charge is 2.11. The number of aromatic amines is 2. The molecule has 0 spiro atoms. The highest BCUT2D eigenvalue weighted by atomic mass is 16.1. The molecule has 7 heteroatoms. The van der Waals surface area contributed by atoms with Gasteiger partial charge in [0.25, 0.3) is 0 Å². The summed E-state index contributed by atoms with van der Waals surface area (Å²) in [5.74, 6) is -0.130. The van der Waals surface area contributed by atoms with Gasteiger partial charge in [-0.1, -0.05) is 0 Å². The van der Waals surface area contributed by atoms with E-state index in [-0.39, 0.29) is 12.3 Å². The third-order valence-corrected chi connectivity index (χ3v) is 2.82. The first-order valence-electron chi connectivity index (χ1n) is 5.86. The average Bonchev–Trinajstić information content (AvgIpc) is 2.84. The third-order valence-electron chi connectivity index (χ3n) is 2.82. The van der Waals surface area contributed by atoms with Crippen molar-refractivity contribution < 1.29 is 4.79 Å². The number of carbonyl (C=O) groups excluding carboxylic acids is 1. The third kappa shape index (κ3) is 3.27. The molecule has 100 valence electrons. The first kappa shape index (κ1) is 13.0. The van der Waals surface area contributed by atoms with Crippen LogP contribution in [0.1, 0.15) is 22.6 Å². The SMILES string of the molecule is Cc1nc(=O)[nH]c(C)c1CC(=O)NCc1cnc[nH]1.